The average Bonchev–Trinajstić information content (AvgIpc) is 3.98. The van der Waals surface area contributed by atoms with Crippen molar-refractivity contribution in [3.8, 4) is 21.4 Å². The number of carbonyl (C=O) groups is 2. The van der Waals surface area contributed by atoms with Crippen LogP contribution < -0.4 is 0 Å². The highest BCUT2D eigenvalue weighted by molar-refractivity contribution is 7.23. The summed E-state index contributed by atoms with van der Waals surface area (Å²) in [5.41, 5.74) is 5.06. The largest absolute Gasteiger partial charge is 0.465 e. The molecule has 5 aromatic rings. The maximum atomic E-state index is 12.4. The van der Waals surface area contributed by atoms with Crippen LogP contribution >= 0.6 is 22.7 Å². The van der Waals surface area contributed by atoms with Gasteiger partial charge < -0.3 is 19.7 Å². The maximum absolute atomic E-state index is 12.4. The van der Waals surface area contributed by atoms with Crippen molar-refractivity contribution < 1.29 is 29.3 Å². The van der Waals surface area contributed by atoms with Crippen LogP contribution in [-0.4, -0.2) is 104 Å². The molecule has 0 radical (unpaired) electrons. The molecule has 14 nitrogen and oxygen atoms in total. The fourth-order valence-corrected chi connectivity index (χ4v) is 12.9. The molecule has 0 aliphatic carbocycles. The summed E-state index contributed by atoms with van der Waals surface area (Å²) in [5.74, 6) is 1.38. The van der Waals surface area contributed by atoms with Crippen LogP contribution in [0.1, 0.15) is 102 Å². The lowest BCUT2D eigenvalue weighted by Crippen LogP contribution is -2.31. The zero-order valence-electron chi connectivity index (χ0n) is 38.7. The minimum Gasteiger partial charge on any atom is -0.465 e. The Hall–Kier alpha value is -3.69. The van der Waals surface area contributed by atoms with Gasteiger partial charge in [0.05, 0.1) is 56.3 Å². The molecule has 1 aromatic carbocycles. The number of hydrogen-bond acceptors (Lipinski definition) is 10. The Morgan fingerprint density at radius 3 is 1.37 bits per heavy atom. The van der Waals surface area contributed by atoms with Crippen molar-refractivity contribution in [2.75, 3.05) is 26.3 Å². The van der Waals surface area contributed by atoms with E-state index in [1.54, 1.807) is 22.7 Å². The number of hydrogen-bond donors (Lipinski definition) is 2. The van der Waals surface area contributed by atoms with Gasteiger partial charge in [-0.15, -0.1) is 22.7 Å². The summed E-state index contributed by atoms with van der Waals surface area (Å²) in [7, 11) is -2.70. The zero-order chi connectivity index (χ0) is 45.1. The lowest BCUT2D eigenvalue weighted by molar-refractivity contribution is 0.0815. The molecule has 6 heterocycles. The van der Waals surface area contributed by atoms with E-state index < -0.39 is 28.3 Å². The molecule has 4 aromatic heterocycles. The summed E-state index contributed by atoms with van der Waals surface area (Å²) in [6, 6.07) is 1.31. The Morgan fingerprint density at radius 2 is 1.05 bits per heavy atom. The number of rotatable bonds is 14. The first-order valence-electron chi connectivity index (χ1n) is 22.0. The van der Waals surface area contributed by atoms with Gasteiger partial charge in [0.25, 0.3) is 0 Å². The quantitative estimate of drug-likeness (QED) is 0.0810. The van der Waals surface area contributed by atoms with Gasteiger partial charge in [0.1, 0.15) is 35.1 Å². The van der Waals surface area contributed by atoms with Crippen LogP contribution in [0.5, 0.6) is 0 Å². The second-order valence-electron chi connectivity index (χ2n) is 21.5. The molecule has 7 rings (SSSR count). The summed E-state index contributed by atoms with van der Waals surface area (Å²) < 4.78 is 19.0. The van der Waals surface area contributed by atoms with Gasteiger partial charge in [-0.1, -0.05) is 80.8 Å². The van der Waals surface area contributed by atoms with Crippen molar-refractivity contribution in [3.63, 3.8) is 0 Å². The summed E-state index contributed by atoms with van der Waals surface area (Å²) in [6.45, 7) is 30.0. The van der Waals surface area contributed by atoms with Crippen LogP contribution in [0.2, 0.25) is 51.4 Å². The Balaban J connectivity index is 1.39. The van der Waals surface area contributed by atoms with E-state index in [1.807, 2.05) is 12.4 Å². The molecule has 2 fully saturated rings. The number of benzene rings is 1. The van der Waals surface area contributed by atoms with Crippen molar-refractivity contribution in [2.45, 2.75) is 155 Å². The van der Waals surface area contributed by atoms with E-state index in [9.17, 15) is 19.8 Å². The number of carboxylic acid groups (broad SMARTS) is 2. The highest BCUT2D eigenvalue weighted by atomic mass is 32.1. The molecule has 18 heteroatoms. The van der Waals surface area contributed by atoms with Gasteiger partial charge in [0, 0.05) is 53.6 Å². The summed E-state index contributed by atoms with van der Waals surface area (Å²) in [4.78, 5) is 48.6. The monoisotopic (exact) mass is 922 g/mol. The highest BCUT2D eigenvalue weighted by Crippen LogP contribution is 2.50. The predicted octanol–water partition coefficient (Wildman–Crippen LogP) is 11.5. The number of ether oxygens (including phenoxy) is 2. The third-order valence-corrected chi connectivity index (χ3v) is 17.5. The maximum Gasteiger partial charge on any atom is 0.407 e. The Kier molecular flexibility index (Phi) is 13.0. The van der Waals surface area contributed by atoms with Crippen LogP contribution in [0.15, 0.2) is 12.4 Å². The first-order chi connectivity index (χ1) is 28.9. The van der Waals surface area contributed by atoms with E-state index in [0.29, 0.717) is 50.8 Å². The average molecular weight is 923 g/mol. The van der Waals surface area contributed by atoms with Gasteiger partial charge in [-0.05, 0) is 48.6 Å². The predicted molar refractivity (Wildman–Crippen MR) is 254 cm³/mol. The SMILES string of the molecule is CC(C)(C)c1c2nc(-c3cnc([C@@H]4CCCN4C(=O)O)n3COCC[Si](C)(C)C)sc2c(C(C)(C)C)c2nc(-c3cnc([C@@H]4CCCN4C(=O)O)n3COCC[Si](C)(C)C)sc12. The normalized spacial score (nSPS) is 18.0. The Bertz CT molecular complexity index is 2230. The van der Waals surface area contributed by atoms with Crippen LogP contribution in [0.25, 0.3) is 41.8 Å². The molecule has 62 heavy (non-hydrogen) atoms. The van der Waals surface area contributed by atoms with Crippen LogP contribution in [0, 0.1) is 0 Å². The third kappa shape index (κ3) is 9.55. The van der Waals surface area contributed by atoms with Gasteiger partial charge in [-0.3, -0.25) is 18.9 Å². The van der Waals surface area contributed by atoms with Gasteiger partial charge in [0.15, 0.2) is 0 Å². The van der Waals surface area contributed by atoms with Crippen molar-refractivity contribution >= 4 is 71.4 Å². The summed E-state index contributed by atoms with van der Waals surface area (Å²) >= 11 is 3.27. The molecule has 2 saturated heterocycles. The van der Waals surface area contributed by atoms with Crippen molar-refractivity contribution in [2.24, 2.45) is 0 Å². The third-order valence-electron chi connectivity index (χ3n) is 11.9. The van der Waals surface area contributed by atoms with Gasteiger partial charge in [0.2, 0.25) is 0 Å². The second-order valence-corrected chi connectivity index (χ2v) is 34.7. The highest BCUT2D eigenvalue weighted by Gasteiger charge is 2.38. The van der Waals surface area contributed by atoms with E-state index in [-0.39, 0.29) is 36.4 Å². The molecule has 2 amide bonds. The van der Waals surface area contributed by atoms with E-state index in [2.05, 4.69) is 90.0 Å². The number of nitrogens with zero attached hydrogens (tertiary/aromatic N) is 8. The van der Waals surface area contributed by atoms with E-state index in [4.69, 9.17) is 29.4 Å². The Labute approximate surface area is 375 Å². The summed E-state index contributed by atoms with van der Waals surface area (Å²) in [5, 5.41) is 21.9. The molecule has 2 atom stereocenters. The standard InChI is InChI=1S/C44H66N8O6S2Si2/c1-43(2,3)31-33-36(60-39(47-33)29-23-45-37(27-15-13-17-49(27)41(53)54)51(29)25-57-19-21-61(7,8)9)32(44(4,5)6)34-35(31)59-40(48-34)30-24-46-38(28-16-14-18-50(28)42(55)56)52(30)26-58-20-22-62(10,11)12/h23-24,27-28H,13-22,25-26H2,1-12H3,(H,53,54)(H,55,56)/t27-,28-/m0/s1. The number of thiazole rings is 2. The lowest BCUT2D eigenvalue weighted by atomic mass is 9.80. The van der Waals surface area contributed by atoms with E-state index in [0.717, 1.165) is 77.9 Å². The minimum absolute atomic E-state index is 0.260. The molecule has 2 aliphatic heterocycles. The van der Waals surface area contributed by atoms with Crippen LogP contribution in [0.4, 0.5) is 9.59 Å². The van der Waals surface area contributed by atoms with Gasteiger partial charge in [-0.2, -0.15) is 0 Å². The number of amides is 2. The molecule has 2 N–H and O–H groups in total. The molecule has 0 saturated carbocycles. The molecule has 0 unspecified atom stereocenters. The smallest absolute Gasteiger partial charge is 0.407 e. The topological polar surface area (TPSA) is 161 Å². The first-order valence-corrected chi connectivity index (χ1v) is 31.0. The van der Waals surface area contributed by atoms with Crippen molar-refractivity contribution in [1.29, 1.82) is 0 Å². The van der Waals surface area contributed by atoms with Gasteiger partial charge in [-0.25, -0.2) is 29.5 Å². The summed E-state index contributed by atoms with van der Waals surface area (Å²) in [6.07, 6.45) is 4.79. The number of imidazole rings is 2. The molecule has 0 spiro atoms. The van der Waals surface area contributed by atoms with E-state index >= 15 is 0 Å². The molecular weight excluding hydrogens is 857 g/mol. The lowest BCUT2D eigenvalue weighted by Gasteiger charge is -2.25. The number of aromatic nitrogens is 6. The molecule has 2 aliphatic rings. The molecular formula is C44H66N8O6S2Si2. The fraction of sp³-hybridized carbons (Fsp3) is 0.636. The van der Waals surface area contributed by atoms with Crippen LogP contribution in [-0.2, 0) is 33.8 Å². The zero-order valence-corrected chi connectivity index (χ0v) is 42.3. The van der Waals surface area contributed by atoms with Crippen molar-refractivity contribution in [1.82, 2.24) is 38.9 Å². The first kappa shape index (κ1) is 46.3. The second kappa shape index (κ2) is 17.4. The molecule has 0 bridgehead atoms. The minimum atomic E-state index is -1.35. The fourth-order valence-electron chi connectivity index (χ4n) is 8.67. The van der Waals surface area contributed by atoms with Crippen LogP contribution in [0.3, 0.4) is 0 Å². The van der Waals surface area contributed by atoms with Gasteiger partial charge >= 0.3 is 12.2 Å². The molecule has 338 valence electrons. The Morgan fingerprint density at radius 1 is 0.677 bits per heavy atom. The van der Waals surface area contributed by atoms with E-state index in [1.165, 1.54) is 9.80 Å². The number of likely N-dealkylation sites (tertiary alicyclic amines) is 2. The van der Waals surface area contributed by atoms with Crippen molar-refractivity contribution in [3.05, 3.63) is 35.2 Å². The number of fused-ring (bicyclic) bond motifs is 2.